The number of pyridine rings is 1. The predicted molar refractivity (Wildman–Crippen MR) is 44.1 cm³/mol. The van der Waals surface area contributed by atoms with E-state index in [-0.39, 0.29) is 0 Å². The van der Waals surface area contributed by atoms with Crippen LogP contribution >= 0.6 is 28.6 Å². The van der Waals surface area contributed by atoms with Gasteiger partial charge in [-0.15, -0.1) is 12.6 Å². The van der Waals surface area contributed by atoms with Crippen molar-refractivity contribution in [3.8, 4) is 0 Å². The molecule has 0 N–H and O–H groups in total. The van der Waals surface area contributed by atoms with Crippen LogP contribution in [0.3, 0.4) is 0 Å². The van der Waals surface area contributed by atoms with Gasteiger partial charge in [-0.1, -0.05) is 15.9 Å². The Kier molecular flexibility index (Phi) is 2.54. The van der Waals surface area contributed by atoms with Gasteiger partial charge in [-0.25, -0.2) is 0 Å². The first-order valence-electron chi connectivity index (χ1n) is 2.53. The van der Waals surface area contributed by atoms with Gasteiger partial charge in [0.1, 0.15) is 0 Å². The van der Waals surface area contributed by atoms with Crippen molar-refractivity contribution in [2.24, 2.45) is 0 Å². The maximum Gasteiger partial charge on any atom is 0.0642 e. The van der Waals surface area contributed by atoms with Crippen molar-refractivity contribution >= 4 is 28.6 Å². The lowest BCUT2D eigenvalue weighted by molar-refractivity contribution is 1.10. The Hall–Kier alpha value is -0.0200. The van der Waals surface area contributed by atoms with Gasteiger partial charge in [-0.05, 0) is 12.1 Å². The van der Waals surface area contributed by atoms with Crippen molar-refractivity contribution in [1.29, 1.82) is 0 Å². The summed E-state index contributed by atoms with van der Waals surface area (Å²) in [6.45, 7) is 0. The molecule has 9 heavy (non-hydrogen) atoms. The Morgan fingerprint density at radius 2 is 2.44 bits per heavy atom. The molecule has 0 atom stereocenters. The second-order valence-corrected chi connectivity index (χ2v) is 2.65. The molecule has 1 nitrogen and oxygen atoms in total. The van der Waals surface area contributed by atoms with Gasteiger partial charge in [0.25, 0.3) is 0 Å². The Balaban J connectivity index is 3.01. The minimum absolute atomic E-state index is 0.771. The molecule has 0 fully saturated rings. The predicted octanol–water partition coefficient (Wildman–Crippen LogP) is 2.27. The normalized spacial score (nSPS) is 9.56. The van der Waals surface area contributed by atoms with E-state index in [0.717, 1.165) is 15.9 Å². The molecule has 0 bridgehead atoms. The molecule has 1 rings (SSSR count). The van der Waals surface area contributed by atoms with E-state index in [1.165, 1.54) is 0 Å². The summed E-state index contributed by atoms with van der Waals surface area (Å²) >= 11 is 7.48. The standard InChI is InChI=1S/C6H6BrNS/c7-4-5-6(9)2-1-3-8-5/h1-3,9H,4H2. The second kappa shape index (κ2) is 3.22. The molecule has 0 amide bonds. The van der Waals surface area contributed by atoms with E-state index in [4.69, 9.17) is 0 Å². The van der Waals surface area contributed by atoms with Crippen LogP contribution in [0.25, 0.3) is 0 Å². The number of hydrogen-bond donors (Lipinski definition) is 1. The van der Waals surface area contributed by atoms with Crippen LogP contribution in [0, 0.1) is 0 Å². The molecule has 48 valence electrons. The van der Waals surface area contributed by atoms with Gasteiger partial charge in [0.15, 0.2) is 0 Å². The van der Waals surface area contributed by atoms with Crippen molar-refractivity contribution in [1.82, 2.24) is 4.98 Å². The Bertz CT molecular complexity index is 202. The van der Waals surface area contributed by atoms with Crippen molar-refractivity contribution in [2.75, 3.05) is 0 Å². The molecule has 0 spiro atoms. The highest BCUT2D eigenvalue weighted by atomic mass is 79.9. The van der Waals surface area contributed by atoms with Crippen LogP contribution in [0.4, 0.5) is 0 Å². The molecule has 0 saturated heterocycles. The molecule has 0 radical (unpaired) electrons. The van der Waals surface area contributed by atoms with E-state index >= 15 is 0 Å². The van der Waals surface area contributed by atoms with Crippen molar-refractivity contribution < 1.29 is 0 Å². The minimum Gasteiger partial charge on any atom is -0.259 e. The summed E-state index contributed by atoms with van der Waals surface area (Å²) in [6, 6.07) is 3.79. The summed E-state index contributed by atoms with van der Waals surface area (Å²) in [5, 5.41) is 0.771. The number of alkyl halides is 1. The number of rotatable bonds is 1. The molecule has 0 aliphatic rings. The minimum atomic E-state index is 0.771. The highest BCUT2D eigenvalue weighted by Crippen LogP contribution is 2.12. The Morgan fingerprint density at radius 3 is 2.89 bits per heavy atom. The van der Waals surface area contributed by atoms with E-state index in [0.29, 0.717) is 0 Å². The SMILES string of the molecule is Sc1cccnc1CBr. The second-order valence-electron chi connectivity index (χ2n) is 1.60. The molecule has 0 aliphatic heterocycles. The average molecular weight is 204 g/mol. The Labute approximate surface area is 68.0 Å². The third kappa shape index (κ3) is 1.69. The summed E-state index contributed by atoms with van der Waals surface area (Å²) in [5.41, 5.74) is 0.987. The van der Waals surface area contributed by atoms with Crippen molar-refractivity contribution in [2.45, 2.75) is 10.2 Å². The summed E-state index contributed by atoms with van der Waals surface area (Å²) in [6.07, 6.45) is 1.76. The monoisotopic (exact) mass is 203 g/mol. The summed E-state index contributed by atoms with van der Waals surface area (Å²) in [5.74, 6) is 0. The van der Waals surface area contributed by atoms with E-state index in [1.54, 1.807) is 6.20 Å². The van der Waals surface area contributed by atoms with Crippen LogP contribution in [0.5, 0.6) is 0 Å². The molecule has 1 aromatic heterocycles. The van der Waals surface area contributed by atoms with E-state index in [2.05, 4.69) is 33.5 Å². The van der Waals surface area contributed by atoms with Crippen LogP contribution in [0.1, 0.15) is 5.69 Å². The molecule has 0 aromatic carbocycles. The van der Waals surface area contributed by atoms with Gasteiger partial charge in [-0.3, -0.25) is 4.98 Å². The fraction of sp³-hybridized carbons (Fsp3) is 0.167. The lowest BCUT2D eigenvalue weighted by Gasteiger charge is -1.95. The van der Waals surface area contributed by atoms with Gasteiger partial charge < -0.3 is 0 Å². The van der Waals surface area contributed by atoms with Crippen molar-refractivity contribution in [3.05, 3.63) is 24.0 Å². The number of hydrogen-bond acceptors (Lipinski definition) is 2. The maximum absolute atomic E-state index is 4.19. The van der Waals surface area contributed by atoms with Gasteiger partial charge in [-0.2, -0.15) is 0 Å². The average Bonchev–Trinajstić information content (AvgIpc) is 1.89. The molecule has 0 aliphatic carbocycles. The highest BCUT2D eigenvalue weighted by molar-refractivity contribution is 9.08. The lowest BCUT2D eigenvalue weighted by atomic mass is 10.4. The van der Waals surface area contributed by atoms with E-state index in [1.807, 2.05) is 12.1 Å². The molecule has 1 heterocycles. The molecule has 3 heteroatoms. The van der Waals surface area contributed by atoms with E-state index in [9.17, 15) is 0 Å². The van der Waals surface area contributed by atoms with Gasteiger partial charge in [0, 0.05) is 16.4 Å². The molecule has 0 saturated carbocycles. The van der Waals surface area contributed by atoms with Gasteiger partial charge in [0.2, 0.25) is 0 Å². The van der Waals surface area contributed by atoms with Crippen LogP contribution in [0.15, 0.2) is 23.2 Å². The molecular weight excluding hydrogens is 198 g/mol. The quantitative estimate of drug-likeness (QED) is 0.546. The maximum atomic E-state index is 4.19. The third-order valence-electron chi connectivity index (χ3n) is 0.993. The smallest absolute Gasteiger partial charge is 0.0642 e. The van der Waals surface area contributed by atoms with Gasteiger partial charge in [0.05, 0.1) is 5.69 Å². The van der Waals surface area contributed by atoms with Crippen LogP contribution in [0.2, 0.25) is 0 Å². The largest absolute Gasteiger partial charge is 0.259 e. The highest BCUT2D eigenvalue weighted by Gasteiger charge is 1.93. The fourth-order valence-corrected chi connectivity index (χ4v) is 1.42. The van der Waals surface area contributed by atoms with Crippen LogP contribution in [-0.2, 0) is 5.33 Å². The number of thiol groups is 1. The first-order valence-corrected chi connectivity index (χ1v) is 4.10. The zero-order chi connectivity index (χ0) is 6.69. The first-order chi connectivity index (χ1) is 4.34. The Morgan fingerprint density at radius 1 is 1.67 bits per heavy atom. The summed E-state index contributed by atoms with van der Waals surface area (Å²) in [7, 11) is 0. The lowest BCUT2D eigenvalue weighted by Crippen LogP contribution is -1.83. The molecule has 1 aromatic rings. The topological polar surface area (TPSA) is 12.9 Å². The number of halogens is 1. The first kappa shape index (κ1) is 7.09. The molecule has 0 unspecified atom stereocenters. The van der Waals surface area contributed by atoms with Crippen LogP contribution in [-0.4, -0.2) is 4.98 Å². The van der Waals surface area contributed by atoms with Crippen molar-refractivity contribution in [3.63, 3.8) is 0 Å². The number of aromatic nitrogens is 1. The third-order valence-corrected chi connectivity index (χ3v) is 1.93. The number of nitrogens with zero attached hydrogens (tertiary/aromatic N) is 1. The fourth-order valence-electron chi connectivity index (χ4n) is 0.532. The summed E-state index contributed by atoms with van der Waals surface area (Å²) < 4.78 is 0. The zero-order valence-electron chi connectivity index (χ0n) is 4.71. The van der Waals surface area contributed by atoms with E-state index < -0.39 is 0 Å². The van der Waals surface area contributed by atoms with Gasteiger partial charge >= 0.3 is 0 Å². The zero-order valence-corrected chi connectivity index (χ0v) is 7.19. The molecular formula is C6H6BrNS. The van der Waals surface area contributed by atoms with Crippen LogP contribution < -0.4 is 0 Å². The summed E-state index contributed by atoms with van der Waals surface area (Å²) in [4.78, 5) is 5.01.